The van der Waals surface area contributed by atoms with Crippen molar-refractivity contribution in [3.63, 3.8) is 0 Å². The van der Waals surface area contributed by atoms with Gasteiger partial charge in [-0.05, 0) is 40.2 Å². The first-order valence-corrected chi connectivity index (χ1v) is 6.76. The number of nitro groups is 1. The maximum atomic E-state index is 13.0. The van der Waals surface area contributed by atoms with Gasteiger partial charge in [0.15, 0.2) is 0 Å². The molecule has 0 aliphatic heterocycles. The van der Waals surface area contributed by atoms with Crippen molar-refractivity contribution >= 4 is 44.8 Å². The number of amides is 1. The number of halogens is 3. The fraction of sp³-hybridized carbons (Fsp3) is 0. The predicted molar refractivity (Wildman–Crippen MR) is 80.2 cm³/mol. The van der Waals surface area contributed by atoms with E-state index in [0.717, 1.165) is 6.07 Å². The Morgan fingerprint density at radius 3 is 2.57 bits per heavy atom. The minimum absolute atomic E-state index is 0.0417. The summed E-state index contributed by atoms with van der Waals surface area (Å²) in [5, 5.41) is 13.1. The van der Waals surface area contributed by atoms with Crippen molar-refractivity contribution < 1.29 is 14.1 Å². The number of hydrogen-bond acceptors (Lipinski definition) is 3. The topological polar surface area (TPSA) is 72.2 Å². The third-order valence-electron chi connectivity index (χ3n) is 2.59. The van der Waals surface area contributed by atoms with Gasteiger partial charge in [-0.15, -0.1) is 0 Å². The van der Waals surface area contributed by atoms with Crippen LogP contribution in [0.3, 0.4) is 0 Å². The van der Waals surface area contributed by atoms with Crippen molar-refractivity contribution in [1.82, 2.24) is 0 Å². The molecule has 2 aromatic carbocycles. The highest BCUT2D eigenvalue weighted by Crippen LogP contribution is 2.26. The summed E-state index contributed by atoms with van der Waals surface area (Å²) in [7, 11) is 0. The maximum Gasteiger partial charge on any atom is 0.270 e. The van der Waals surface area contributed by atoms with Crippen LogP contribution in [-0.4, -0.2) is 10.8 Å². The summed E-state index contributed by atoms with van der Waals surface area (Å²) in [4.78, 5) is 22.1. The molecule has 0 radical (unpaired) electrons. The number of nitrogens with zero attached hydrogens (tertiary/aromatic N) is 1. The first kappa shape index (κ1) is 15.4. The van der Waals surface area contributed by atoms with Gasteiger partial charge in [0.2, 0.25) is 0 Å². The Labute approximate surface area is 132 Å². The smallest absolute Gasteiger partial charge is 0.270 e. The fourth-order valence-corrected chi connectivity index (χ4v) is 2.29. The van der Waals surface area contributed by atoms with Gasteiger partial charge in [-0.25, -0.2) is 4.39 Å². The zero-order chi connectivity index (χ0) is 15.6. The van der Waals surface area contributed by atoms with Gasteiger partial charge in [-0.2, -0.15) is 0 Å². The van der Waals surface area contributed by atoms with E-state index in [0.29, 0.717) is 10.2 Å². The first-order valence-electron chi connectivity index (χ1n) is 5.59. The normalized spacial score (nSPS) is 10.2. The standard InChI is InChI=1S/C13H7BrClFN2O3/c14-10-5-7(16)1-4-12(10)17-13(19)9-3-2-8(18(20)21)6-11(9)15/h1-6H,(H,17,19). The molecule has 0 aromatic heterocycles. The van der Waals surface area contributed by atoms with Gasteiger partial charge in [0.25, 0.3) is 11.6 Å². The van der Waals surface area contributed by atoms with E-state index in [1.807, 2.05) is 0 Å². The lowest BCUT2D eigenvalue weighted by Gasteiger charge is -2.08. The van der Waals surface area contributed by atoms with Gasteiger partial charge in [-0.1, -0.05) is 11.6 Å². The highest BCUT2D eigenvalue weighted by molar-refractivity contribution is 9.10. The minimum atomic E-state index is -0.607. The van der Waals surface area contributed by atoms with Crippen LogP contribution in [0.4, 0.5) is 15.8 Å². The highest BCUT2D eigenvalue weighted by atomic mass is 79.9. The van der Waals surface area contributed by atoms with Crippen molar-refractivity contribution in [2.24, 2.45) is 0 Å². The summed E-state index contributed by atoms with van der Waals surface area (Å²) >= 11 is 8.98. The molecular formula is C13H7BrClFN2O3. The van der Waals surface area contributed by atoms with E-state index in [9.17, 15) is 19.3 Å². The number of non-ortho nitro benzene ring substituents is 1. The number of rotatable bonds is 3. The van der Waals surface area contributed by atoms with E-state index in [4.69, 9.17) is 11.6 Å². The minimum Gasteiger partial charge on any atom is -0.321 e. The largest absolute Gasteiger partial charge is 0.321 e. The molecule has 2 aromatic rings. The van der Waals surface area contributed by atoms with Gasteiger partial charge >= 0.3 is 0 Å². The SMILES string of the molecule is O=C(Nc1ccc(F)cc1Br)c1ccc([N+](=O)[O-])cc1Cl. The quantitative estimate of drug-likeness (QED) is 0.640. The molecule has 0 saturated carbocycles. The number of hydrogen-bond donors (Lipinski definition) is 1. The third-order valence-corrected chi connectivity index (χ3v) is 3.56. The monoisotopic (exact) mass is 372 g/mol. The molecule has 8 heteroatoms. The molecule has 1 N–H and O–H groups in total. The average molecular weight is 374 g/mol. The zero-order valence-corrected chi connectivity index (χ0v) is 12.6. The highest BCUT2D eigenvalue weighted by Gasteiger charge is 2.16. The first-order chi connectivity index (χ1) is 9.88. The molecule has 0 heterocycles. The van der Waals surface area contributed by atoms with Crippen LogP contribution in [0.15, 0.2) is 40.9 Å². The van der Waals surface area contributed by atoms with E-state index >= 15 is 0 Å². The van der Waals surface area contributed by atoms with Crippen LogP contribution in [0, 0.1) is 15.9 Å². The van der Waals surface area contributed by atoms with Gasteiger partial charge in [0.1, 0.15) is 5.82 Å². The van der Waals surface area contributed by atoms with Gasteiger partial charge < -0.3 is 5.32 Å². The second-order valence-electron chi connectivity index (χ2n) is 4.00. The Bertz CT molecular complexity index is 739. The molecule has 0 unspecified atom stereocenters. The molecule has 0 saturated heterocycles. The number of anilines is 1. The van der Waals surface area contributed by atoms with Crippen molar-refractivity contribution in [3.05, 3.63) is 67.4 Å². The van der Waals surface area contributed by atoms with Crippen LogP contribution in [0.1, 0.15) is 10.4 Å². The van der Waals surface area contributed by atoms with E-state index < -0.39 is 16.6 Å². The number of nitrogens with one attached hydrogen (secondary N) is 1. The number of carbonyl (C=O) groups is 1. The summed E-state index contributed by atoms with van der Waals surface area (Å²) in [5.74, 6) is -1.00. The Hall–Kier alpha value is -1.99. The Morgan fingerprint density at radius 2 is 2.00 bits per heavy atom. The van der Waals surface area contributed by atoms with Crippen LogP contribution in [0.5, 0.6) is 0 Å². The summed E-state index contributed by atoms with van der Waals surface area (Å²) in [6, 6.07) is 7.31. The van der Waals surface area contributed by atoms with Crippen molar-refractivity contribution in [3.8, 4) is 0 Å². The van der Waals surface area contributed by atoms with Crippen LogP contribution in [0.2, 0.25) is 5.02 Å². The molecule has 2 rings (SSSR count). The Kier molecular flexibility index (Phi) is 4.54. The van der Waals surface area contributed by atoms with Crippen LogP contribution < -0.4 is 5.32 Å². The van der Waals surface area contributed by atoms with Crippen molar-refractivity contribution in [1.29, 1.82) is 0 Å². The lowest BCUT2D eigenvalue weighted by molar-refractivity contribution is -0.384. The molecule has 0 aliphatic carbocycles. The third kappa shape index (κ3) is 3.56. The lowest BCUT2D eigenvalue weighted by Crippen LogP contribution is -2.13. The van der Waals surface area contributed by atoms with Gasteiger partial charge in [0, 0.05) is 16.6 Å². The molecule has 5 nitrogen and oxygen atoms in total. The van der Waals surface area contributed by atoms with Crippen molar-refractivity contribution in [2.75, 3.05) is 5.32 Å². The second kappa shape index (κ2) is 6.19. The molecule has 108 valence electrons. The predicted octanol–water partition coefficient (Wildman–Crippen LogP) is 4.40. The average Bonchev–Trinajstić information content (AvgIpc) is 2.41. The molecule has 0 spiro atoms. The Balaban J connectivity index is 2.26. The van der Waals surface area contributed by atoms with Gasteiger partial charge in [0.05, 0.1) is 21.2 Å². The molecule has 0 bridgehead atoms. The van der Waals surface area contributed by atoms with Crippen LogP contribution in [-0.2, 0) is 0 Å². The summed E-state index contributed by atoms with van der Waals surface area (Å²) < 4.78 is 13.3. The van der Waals surface area contributed by atoms with Crippen LogP contribution >= 0.6 is 27.5 Å². The molecule has 0 atom stereocenters. The summed E-state index contributed by atoms with van der Waals surface area (Å²) in [6.45, 7) is 0. The molecule has 0 fully saturated rings. The van der Waals surface area contributed by atoms with Crippen LogP contribution in [0.25, 0.3) is 0 Å². The fourth-order valence-electron chi connectivity index (χ4n) is 1.58. The second-order valence-corrected chi connectivity index (χ2v) is 5.26. The van der Waals surface area contributed by atoms with Crippen molar-refractivity contribution in [2.45, 2.75) is 0 Å². The molecule has 1 amide bonds. The van der Waals surface area contributed by atoms with Gasteiger partial charge in [-0.3, -0.25) is 14.9 Å². The maximum absolute atomic E-state index is 13.0. The lowest BCUT2D eigenvalue weighted by atomic mass is 10.2. The number of nitro benzene ring substituents is 1. The van der Waals surface area contributed by atoms with E-state index in [1.165, 1.54) is 30.3 Å². The zero-order valence-electron chi connectivity index (χ0n) is 10.3. The van der Waals surface area contributed by atoms with E-state index in [2.05, 4.69) is 21.2 Å². The summed E-state index contributed by atoms with van der Waals surface area (Å²) in [5.41, 5.74) is 0.230. The molecular weight excluding hydrogens is 367 g/mol. The molecule has 0 aliphatic rings. The number of benzene rings is 2. The molecule has 21 heavy (non-hydrogen) atoms. The summed E-state index contributed by atoms with van der Waals surface area (Å²) in [6.07, 6.45) is 0. The van der Waals surface area contributed by atoms with E-state index in [-0.39, 0.29) is 16.3 Å². The van der Waals surface area contributed by atoms with E-state index in [1.54, 1.807) is 0 Å². The Morgan fingerprint density at radius 1 is 1.29 bits per heavy atom. The number of carbonyl (C=O) groups excluding carboxylic acids is 1.